The summed E-state index contributed by atoms with van der Waals surface area (Å²) in [5.41, 5.74) is 2.14. The van der Waals surface area contributed by atoms with Crippen LogP contribution in [0.15, 0.2) is 52.2 Å². The van der Waals surface area contributed by atoms with Crippen LogP contribution in [-0.2, 0) is 31.0 Å². The number of nitrogens with one attached hydrogen (secondary N) is 1. The molecule has 2 N–H and O–H groups in total. The number of hydrogen-bond acceptors (Lipinski definition) is 9. The Morgan fingerprint density at radius 1 is 1.16 bits per heavy atom. The van der Waals surface area contributed by atoms with Crippen molar-refractivity contribution in [2.75, 3.05) is 24.4 Å². The van der Waals surface area contributed by atoms with E-state index in [0.717, 1.165) is 26.5 Å². The van der Waals surface area contributed by atoms with Crippen LogP contribution in [0.4, 0.5) is 18.9 Å². The number of carbonyl (C=O) groups is 3. The first-order valence-corrected chi connectivity index (χ1v) is 16.7. The maximum atomic E-state index is 13.5. The van der Waals surface area contributed by atoms with Gasteiger partial charge >= 0.3 is 12.1 Å². The third-order valence-corrected chi connectivity index (χ3v) is 11.8. The van der Waals surface area contributed by atoms with Crippen LogP contribution < -0.4 is 4.31 Å². The van der Waals surface area contributed by atoms with Gasteiger partial charge in [0, 0.05) is 49.2 Å². The number of halogens is 3. The highest BCUT2D eigenvalue weighted by molar-refractivity contribution is 7.94. The van der Waals surface area contributed by atoms with Crippen LogP contribution in [0.5, 0.6) is 0 Å². The molecule has 2 saturated heterocycles. The Morgan fingerprint density at radius 3 is 2.36 bits per heavy atom. The summed E-state index contributed by atoms with van der Waals surface area (Å²) in [4.78, 5) is 46.1. The van der Waals surface area contributed by atoms with E-state index in [1.807, 2.05) is 44.3 Å². The number of rotatable bonds is 7. The summed E-state index contributed by atoms with van der Waals surface area (Å²) in [6, 6.07) is 10.7. The molecule has 6 rings (SSSR count). The number of aliphatic carboxylic acids is 1. The van der Waals surface area contributed by atoms with E-state index in [9.17, 15) is 31.2 Å². The molecule has 2 amide bonds. The number of benzene rings is 1. The minimum absolute atomic E-state index is 0.0853. The fourth-order valence-electron chi connectivity index (χ4n) is 5.48. The van der Waals surface area contributed by atoms with Crippen molar-refractivity contribution in [2.24, 2.45) is 11.8 Å². The molecule has 0 radical (unpaired) electrons. The number of anilines is 1. The highest BCUT2D eigenvalue weighted by atomic mass is 32.2. The van der Waals surface area contributed by atoms with E-state index in [1.54, 1.807) is 35.9 Å². The molecule has 0 bridgehead atoms. The van der Waals surface area contributed by atoms with Crippen molar-refractivity contribution in [3.8, 4) is 10.7 Å². The molecular weight excluding hydrogens is 656 g/mol. The Morgan fingerprint density at radius 2 is 1.80 bits per heavy atom. The first-order valence-electron chi connectivity index (χ1n) is 13.6. The number of imide groups is 1. The molecule has 0 spiro atoms. The zero-order chi connectivity index (χ0) is 32.8. The molecule has 2 aliphatic rings. The molecule has 2 unspecified atom stereocenters. The predicted octanol–water partition coefficient (Wildman–Crippen LogP) is 4.64. The number of likely N-dealkylation sites (tertiary alicyclic amines) is 2. The Hall–Kier alpha value is -3.80. The number of alkyl halides is 3. The van der Waals surface area contributed by atoms with Gasteiger partial charge in [0.2, 0.25) is 11.8 Å². The lowest BCUT2D eigenvalue weighted by Crippen LogP contribution is -2.36. The Balaban J connectivity index is 0.000000515. The summed E-state index contributed by atoms with van der Waals surface area (Å²) in [6.45, 7) is 5.51. The molecule has 5 heterocycles. The molecule has 0 aliphatic carbocycles. The molecule has 11 nitrogen and oxygen atoms in total. The van der Waals surface area contributed by atoms with E-state index >= 15 is 0 Å². The predicted molar refractivity (Wildman–Crippen MR) is 162 cm³/mol. The van der Waals surface area contributed by atoms with Gasteiger partial charge in [-0.1, -0.05) is 18.2 Å². The van der Waals surface area contributed by atoms with Crippen LogP contribution in [0.3, 0.4) is 0 Å². The van der Waals surface area contributed by atoms with E-state index in [1.165, 1.54) is 20.5 Å². The minimum atomic E-state index is -5.08. The van der Waals surface area contributed by atoms with Crippen molar-refractivity contribution in [3.63, 3.8) is 0 Å². The maximum absolute atomic E-state index is 13.5. The summed E-state index contributed by atoms with van der Waals surface area (Å²) < 4.78 is 60.5. The largest absolute Gasteiger partial charge is 0.490 e. The van der Waals surface area contributed by atoms with E-state index in [-0.39, 0.29) is 29.7 Å². The zero-order valence-electron chi connectivity index (χ0n) is 24.1. The second kappa shape index (κ2) is 12.2. The molecule has 1 aromatic carbocycles. The minimum Gasteiger partial charge on any atom is -0.475 e. The highest BCUT2D eigenvalue weighted by Crippen LogP contribution is 2.38. The fourth-order valence-corrected chi connectivity index (χ4v) is 9.16. The molecule has 2 atom stereocenters. The molecule has 240 valence electrons. The fraction of sp³-hybridized carbons (Fsp3) is 0.357. The number of nitrogens with zero attached hydrogens (tertiary/aromatic N) is 4. The molecule has 0 saturated carbocycles. The molecular formula is C28H28F3N5O6S3. The van der Waals surface area contributed by atoms with Crippen LogP contribution in [0.1, 0.15) is 18.7 Å². The second-order valence-electron chi connectivity index (χ2n) is 10.8. The van der Waals surface area contributed by atoms with Crippen molar-refractivity contribution >= 4 is 67.1 Å². The monoisotopic (exact) mass is 683 g/mol. The van der Waals surface area contributed by atoms with Crippen LogP contribution in [0, 0.1) is 11.8 Å². The van der Waals surface area contributed by atoms with E-state index in [0.29, 0.717) is 29.5 Å². The van der Waals surface area contributed by atoms with E-state index < -0.39 is 22.2 Å². The van der Waals surface area contributed by atoms with E-state index in [4.69, 9.17) is 9.90 Å². The third kappa shape index (κ3) is 6.34. The Labute approximate surface area is 263 Å². The average molecular weight is 684 g/mol. The molecule has 4 aromatic rings. The van der Waals surface area contributed by atoms with Crippen molar-refractivity contribution in [2.45, 2.75) is 36.8 Å². The maximum Gasteiger partial charge on any atom is 0.490 e. The number of sulfonamides is 1. The first-order chi connectivity index (χ1) is 21.1. The SMILES string of the molecule is CC(C)N(c1cccc2cc(-c3ncc(CN4CC5C(=O)N(C)C(=O)C5C4)s3)[nH]c12)S(=O)(=O)c1cccs1.O=C(O)C(F)(F)F. The Kier molecular flexibility index (Phi) is 8.82. The van der Waals surface area contributed by atoms with Crippen LogP contribution in [-0.4, -0.2) is 83.4 Å². The number of para-hydroxylation sites is 1. The third-order valence-electron chi connectivity index (χ3n) is 7.45. The number of carbonyl (C=O) groups excluding carboxylic acids is 2. The normalized spacial score (nSPS) is 18.9. The van der Waals surface area contributed by atoms with Crippen molar-refractivity contribution in [1.29, 1.82) is 0 Å². The van der Waals surface area contributed by atoms with Gasteiger partial charge in [0.25, 0.3) is 10.0 Å². The highest BCUT2D eigenvalue weighted by Gasteiger charge is 2.50. The Bertz CT molecular complexity index is 1830. The molecule has 45 heavy (non-hydrogen) atoms. The number of aromatic amines is 1. The summed E-state index contributed by atoms with van der Waals surface area (Å²) in [5, 5.41) is 10.6. The van der Waals surface area contributed by atoms with Gasteiger partial charge in [0.1, 0.15) is 9.22 Å². The van der Waals surface area contributed by atoms with E-state index in [2.05, 4.69) is 14.9 Å². The number of fused-ring (bicyclic) bond motifs is 2. The number of thiophene rings is 1. The standard InChI is InChI=1S/C26H27N5O4S3.C2HF3O2/c1-15(2)31(38(34,35)22-8-5-9-36-22)21-7-4-6-16-10-20(28-23(16)21)24-27-11-17(37-24)12-30-13-18-19(14-30)26(33)29(3)25(18)32;3-2(4,5)1(6)7/h4-11,15,18-19,28H,12-14H2,1-3H3;(H,6,7). The summed E-state index contributed by atoms with van der Waals surface area (Å²) in [6.07, 6.45) is -3.25. The first kappa shape index (κ1) is 32.6. The average Bonchev–Trinajstić information content (AvgIpc) is 3.78. The molecule has 2 aliphatic heterocycles. The lowest BCUT2D eigenvalue weighted by Gasteiger charge is -2.28. The van der Waals surface area contributed by atoms with Crippen LogP contribution in [0.25, 0.3) is 21.6 Å². The second-order valence-corrected chi connectivity index (χ2v) is 14.9. The van der Waals surface area contributed by atoms with Gasteiger partial charge in [-0.15, -0.1) is 22.7 Å². The van der Waals surface area contributed by atoms with Crippen LogP contribution >= 0.6 is 22.7 Å². The number of H-pyrrole nitrogens is 1. The lowest BCUT2D eigenvalue weighted by atomic mass is 10.00. The zero-order valence-corrected chi connectivity index (χ0v) is 26.6. The van der Waals surface area contributed by atoms with Gasteiger partial charge in [-0.25, -0.2) is 18.2 Å². The quantitative estimate of drug-likeness (QED) is 0.269. The van der Waals surface area contributed by atoms with Gasteiger partial charge in [-0.2, -0.15) is 13.2 Å². The molecule has 3 aromatic heterocycles. The lowest BCUT2D eigenvalue weighted by molar-refractivity contribution is -0.192. The van der Waals surface area contributed by atoms with Gasteiger partial charge in [-0.05, 0) is 37.4 Å². The number of carboxylic acids is 1. The number of carboxylic acid groups (broad SMARTS) is 1. The number of amides is 2. The number of hydrogen-bond donors (Lipinski definition) is 2. The smallest absolute Gasteiger partial charge is 0.475 e. The summed E-state index contributed by atoms with van der Waals surface area (Å²) in [5.74, 6) is -3.42. The van der Waals surface area contributed by atoms with Crippen LogP contribution in [0.2, 0.25) is 0 Å². The summed E-state index contributed by atoms with van der Waals surface area (Å²) in [7, 11) is -2.16. The van der Waals surface area contributed by atoms with Crippen molar-refractivity contribution in [3.05, 3.63) is 52.9 Å². The van der Waals surface area contributed by atoms with Gasteiger partial charge in [0.05, 0.1) is 28.7 Å². The number of aromatic nitrogens is 2. The topological polar surface area (TPSA) is 144 Å². The van der Waals surface area contributed by atoms with Crippen molar-refractivity contribution in [1.82, 2.24) is 19.8 Å². The van der Waals surface area contributed by atoms with Crippen molar-refractivity contribution < 1.29 is 41.1 Å². The summed E-state index contributed by atoms with van der Waals surface area (Å²) >= 11 is 2.76. The number of thiazole rings is 1. The van der Waals surface area contributed by atoms with Gasteiger partial charge in [-0.3, -0.25) is 23.7 Å². The van der Waals surface area contributed by atoms with Gasteiger partial charge in [0.15, 0.2) is 0 Å². The molecule has 2 fully saturated rings. The van der Waals surface area contributed by atoms with Gasteiger partial charge < -0.3 is 10.1 Å². The molecule has 17 heteroatoms.